The number of thioether (sulfide) groups is 1. The van der Waals surface area contributed by atoms with Crippen LogP contribution in [0.1, 0.15) is 5.82 Å². The largest absolute Gasteiger partial charge is 0.290 e. The molecule has 2 heterocycles. The lowest BCUT2D eigenvalue weighted by Crippen LogP contribution is -2.43. The van der Waals surface area contributed by atoms with Gasteiger partial charge in [0.25, 0.3) is 0 Å². The maximum Gasteiger partial charge on any atom is 0.142 e. The summed E-state index contributed by atoms with van der Waals surface area (Å²) in [6, 6.07) is 2.31. The molecule has 0 aromatic carbocycles. The molecular formula is C10H14ClN3S. The monoisotopic (exact) mass is 243 g/mol. The van der Waals surface area contributed by atoms with Gasteiger partial charge in [-0.05, 0) is 6.07 Å². The highest BCUT2D eigenvalue weighted by atomic mass is 35.5. The minimum absolute atomic E-state index is 0.467. The molecule has 0 spiro atoms. The highest BCUT2D eigenvalue weighted by Crippen LogP contribution is 2.18. The second-order valence-electron chi connectivity index (χ2n) is 3.52. The minimum Gasteiger partial charge on any atom is -0.290 e. The lowest BCUT2D eigenvalue weighted by Gasteiger charge is -2.33. The lowest BCUT2D eigenvalue weighted by atomic mass is 10.3. The first-order valence-electron chi connectivity index (χ1n) is 5.04. The molecule has 0 bridgehead atoms. The van der Waals surface area contributed by atoms with Crippen molar-refractivity contribution < 1.29 is 0 Å². The van der Waals surface area contributed by atoms with Crippen LogP contribution in [-0.2, 0) is 6.54 Å². The molecule has 0 amide bonds. The number of alkyl halides is 1. The maximum absolute atomic E-state index is 5.95. The van der Waals surface area contributed by atoms with Gasteiger partial charge in [-0.1, -0.05) is 0 Å². The molecule has 2 rings (SSSR count). The topological polar surface area (TPSA) is 29.0 Å². The number of hydrogen-bond donors (Lipinski definition) is 0. The average molecular weight is 244 g/mol. The second kappa shape index (κ2) is 5.68. The van der Waals surface area contributed by atoms with Gasteiger partial charge in [0.2, 0.25) is 0 Å². The van der Waals surface area contributed by atoms with Crippen molar-refractivity contribution in [3.8, 4) is 0 Å². The van der Waals surface area contributed by atoms with Crippen molar-refractivity contribution in [2.75, 3.05) is 23.9 Å². The van der Waals surface area contributed by atoms with Crippen LogP contribution >= 0.6 is 23.4 Å². The summed E-state index contributed by atoms with van der Waals surface area (Å²) in [6.07, 6.45) is 3.58. The van der Waals surface area contributed by atoms with E-state index in [1.54, 1.807) is 12.4 Å². The zero-order chi connectivity index (χ0) is 10.5. The predicted molar refractivity (Wildman–Crippen MR) is 64.3 cm³/mol. The van der Waals surface area contributed by atoms with Crippen LogP contribution in [0.5, 0.6) is 0 Å². The third-order valence-corrected chi connectivity index (χ3v) is 3.94. The van der Waals surface area contributed by atoms with Gasteiger partial charge in [-0.15, -0.1) is 11.6 Å². The van der Waals surface area contributed by atoms with Crippen molar-refractivity contribution in [2.24, 2.45) is 0 Å². The number of halogens is 1. The molecule has 0 radical (unpaired) electrons. The Labute approximate surface area is 99.2 Å². The Balaban J connectivity index is 1.97. The molecule has 15 heavy (non-hydrogen) atoms. The molecule has 3 nitrogen and oxygen atoms in total. The smallest absolute Gasteiger partial charge is 0.142 e. The molecule has 1 aliphatic rings. The van der Waals surface area contributed by atoms with Crippen LogP contribution in [0.3, 0.4) is 0 Å². The van der Waals surface area contributed by atoms with E-state index < -0.39 is 0 Å². The van der Waals surface area contributed by atoms with Crippen molar-refractivity contribution in [1.29, 1.82) is 0 Å². The van der Waals surface area contributed by atoms with E-state index in [2.05, 4.69) is 14.9 Å². The van der Waals surface area contributed by atoms with Crippen LogP contribution < -0.4 is 0 Å². The quantitative estimate of drug-likeness (QED) is 0.755. The Morgan fingerprint density at radius 2 is 2.27 bits per heavy atom. The summed E-state index contributed by atoms with van der Waals surface area (Å²) in [6.45, 7) is 1.90. The summed E-state index contributed by atoms with van der Waals surface area (Å²) >= 11 is 7.92. The van der Waals surface area contributed by atoms with Gasteiger partial charge in [-0.2, -0.15) is 11.8 Å². The average Bonchev–Trinajstić information content (AvgIpc) is 2.31. The first kappa shape index (κ1) is 11.2. The van der Waals surface area contributed by atoms with E-state index in [1.807, 2.05) is 17.8 Å². The fourth-order valence-electron chi connectivity index (χ4n) is 1.63. The molecule has 1 aliphatic heterocycles. The zero-order valence-electron chi connectivity index (χ0n) is 8.47. The van der Waals surface area contributed by atoms with Crippen LogP contribution in [0.4, 0.5) is 0 Å². The Morgan fingerprint density at radius 3 is 3.00 bits per heavy atom. The van der Waals surface area contributed by atoms with Gasteiger partial charge in [-0.25, -0.2) is 9.97 Å². The van der Waals surface area contributed by atoms with Crippen molar-refractivity contribution in [2.45, 2.75) is 12.6 Å². The van der Waals surface area contributed by atoms with Gasteiger partial charge in [0, 0.05) is 42.4 Å². The molecule has 1 aromatic rings. The van der Waals surface area contributed by atoms with Crippen LogP contribution in [0.25, 0.3) is 0 Å². The molecule has 1 unspecified atom stereocenters. The molecule has 1 aromatic heterocycles. The van der Waals surface area contributed by atoms with Gasteiger partial charge in [0.05, 0.1) is 6.54 Å². The van der Waals surface area contributed by atoms with E-state index in [0.717, 1.165) is 24.7 Å². The summed E-state index contributed by atoms with van der Waals surface area (Å²) < 4.78 is 0. The van der Waals surface area contributed by atoms with Crippen molar-refractivity contribution in [1.82, 2.24) is 14.9 Å². The number of nitrogens with zero attached hydrogens (tertiary/aromatic N) is 3. The van der Waals surface area contributed by atoms with E-state index >= 15 is 0 Å². The van der Waals surface area contributed by atoms with Gasteiger partial charge < -0.3 is 0 Å². The van der Waals surface area contributed by atoms with Gasteiger partial charge in [0.1, 0.15) is 5.82 Å². The Bertz CT molecular complexity index is 296. The van der Waals surface area contributed by atoms with Gasteiger partial charge in [-0.3, -0.25) is 4.90 Å². The number of hydrogen-bond acceptors (Lipinski definition) is 4. The number of rotatable bonds is 3. The lowest BCUT2D eigenvalue weighted by molar-refractivity contribution is 0.220. The SMILES string of the molecule is ClCC1CSCCN1Cc1ncccn1. The van der Waals surface area contributed by atoms with Crippen LogP contribution in [0.2, 0.25) is 0 Å². The first-order chi connectivity index (χ1) is 7.40. The van der Waals surface area contributed by atoms with Crippen molar-refractivity contribution in [3.63, 3.8) is 0 Å². The Morgan fingerprint density at radius 1 is 1.47 bits per heavy atom. The molecule has 82 valence electrons. The van der Waals surface area contributed by atoms with Gasteiger partial charge in [0.15, 0.2) is 0 Å². The van der Waals surface area contributed by atoms with Crippen LogP contribution in [0.15, 0.2) is 18.5 Å². The third kappa shape index (κ3) is 3.06. The fourth-order valence-corrected chi connectivity index (χ4v) is 3.20. The summed E-state index contributed by atoms with van der Waals surface area (Å²) in [7, 11) is 0. The van der Waals surface area contributed by atoms with Crippen molar-refractivity contribution in [3.05, 3.63) is 24.3 Å². The zero-order valence-corrected chi connectivity index (χ0v) is 10.0. The molecule has 1 fully saturated rings. The molecule has 5 heteroatoms. The normalized spacial score (nSPS) is 22.9. The van der Waals surface area contributed by atoms with Gasteiger partial charge >= 0.3 is 0 Å². The molecule has 1 saturated heterocycles. The summed E-state index contributed by atoms with van der Waals surface area (Å²) in [5, 5.41) is 0. The molecule has 0 N–H and O–H groups in total. The van der Waals surface area contributed by atoms with E-state index in [-0.39, 0.29) is 0 Å². The molecule has 0 aliphatic carbocycles. The van der Waals surface area contributed by atoms with Crippen LogP contribution in [0, 0.1) is 0 Å². The Kier molecular flexibility index (Phi) is 4.23. The molecule has 0 saturated carbocycles. The predicted octanol–water partition coefficient (Wildman–Crippen LogP) is 1.63. The molecule has 1 atom stereocenters. The van der Waals surface area contributed by atoms with Crippen LogP contribution in [-0.4, -0.2) is 44.8 Å². The van der Waals surface area contributed by atoms with E-state index in [4.69, 9.17) is 11.6 Å². The molecular weight excluding hydrogens is 230 g/mol. The maximum atomic E-state index is 5.95. The first-order valence-corrected chi connectivity index (χ1v) is 6.72. The minimum atomic E-state index is 0.467. The highest BCUT2D eigenvalue weighted by molar-refractivity contribution is 7.99. The fraction of sp³-hybridized carbons (Fsp3) is 0.600. The second-order valence-corrected chi connectivity index (χ2v) is 4.98. The summed E-state index contributed by atoms with van der Waals surface area (Å²) in [4.78, 5) is 10.9. The summed E-state index contributed by atoms with van der Waals surface area (Å²) in [5.41, 5.74) is 0. The van der Waals surface area contributed by atoms with E-state index in [9.17, 15) is 0 Å². The highest BCUT2D eigenvalue weighted by Gasteiger charge is 2.22. The third-order valence-electron chi connectivity index (χ3n) is 2.49. The Hall–Kier alpha value is -0.320. The number of aromatic nitrogens is 2. The standard InChI is InChI=1S/C10H14ClN3S/c11-6-9-8-15-5-4-14(9)7-10-12-2-1-3-13-10/h1-3,9H,4-8H2. The van der Waals surface area contributed by atoms with Crippen molar-refractivity contribution >= 4 is 23.4 Å². The summed E-state index contributed by atoms with van der Waals surface area (Å²) in [5.74, 6) is 3.88. The van der Waals surface area contributed by atoms with E-state index in [0.29, 0.717) is 11.9 Å². The van der Waals surface area contributed by atoms with E-state index in [1.165, 1.54) is 5.75 Å².